The molecule has 1 aliphatic carbocycles. The van der Waals surface area contributed by atoms with E-state index in [9.17, 15) is 14.4 Å². The van der Waals surface area contributed by atoms with Crippen LogP contribution in [-0.2, 0) is 20.6 Å². The Kier molecular flexibility index (Phi) is 10.7. The van der Waals surface area contributed by atoms with Gasteiger partial charge in [0.05, 0.1) is 10.7 Å². The smallest absolute Gasteiger partial charge is 0.303 e. The number of ketones is 1. The van der Waals surface area contributed by atoms with Gasteiger partial charge in [0, 0.05) is 42.6 Å². The lowest BCUT2D eigenvalue weighted by Gasteiger charge is -2.37. The molecule has 0 radical (unpaired) electrons. The summed E-state index contributed by atoms with van der Waals surface area (Å²) in [4.78, 5) is 34.9. The fourth-order valence-electron chi connectivity index (χ4n) is 4.36. The van der Waals surface area contributed by atoms with E-state index in [0.29, 0.717) is 18.4 Å². The molecule has 0 saturated carbocycles. The first-order valence-corrected chi connectivity index (χ1v) is 17.8. The fourth-order valence-corrected chi connectivity index (χ4v) is 6.68. The molecule has 0 unspecified atom stereocenters. The van der Waals surface area contributed by atoms with Crippen LogP contribution in [0.5, 0.6) is 0 Å². The van der Waals surface area contributed by atoms with Gasteiger partial charge in [0.2, 0.25) is 14.2 Å². The SMILES string of the molecule is CC(C)(C)[Si](C)(C)OC1=C(SCCCCCC(=O)O)C(=O)CC1.NC(=O)c1cccc2c1-c1ccccc1CN2. The van der Waals surface area contributed by atoms with Gasteiger partial charge in [0.15, 0.2) is 5.78 Å². The zero-order valence-electron chi connectivity index (χ0n) is 24.3. The molecular formula is C31H42N2O5SSi. The number of carboxylic acids is 1. The average molecular weight is 583 g/mol. The molecule has 0 atom stereocenters. The number of unbranched alkanes of at least 4 members (excludes halogenated alkanes) is 2. The van der Waals surface area contributed by atoms with E-state index >= 15 is 0 Å². The predicted molar refractivity (Wildman–Crippen MR) is 166 cm³/mol. The summed E-state index contributed by atoms with van der Waals surface area (Å²) in [6, 6.07) is 13.6. The Labute approximate surface area is 243 Å². The molecule has 0 saturated heterocycles. The van der Waals surface area contributed by atoms with Gasteiger partial charge in [-0.15, -0.1) is 11.8 Å². The molecule has 4 N–H and O–H groups in total. The number of primary amides is 1. The number of nitrogens with two attached hydrogens (primary N) is 1. The van der Waals surface area contributed by atoms with E-state index in [-0.39, 0.29) is 23.1 Å². The Balaban J connectivity index is 0.000000229. The normalized spacial score (nSPS) is 14.5. The van der Waals surface area contributed by atoms with Crippen molar-refractivity contribution in [3.8, 4) is 11.1 Å². The minimum absolute atomic E-state index is 0.123. The molecule has 0 spiro atoms. The second kappa shape index (κ2) is 13.5. The first kappa shape index (κ1) is 31.5. The molecule has 2 aliphatic rings. The van der Waals surface area contributed by atoms with E-state index in [2.05, 4.69) is 45.2 Å². The van der Waals surface area contributed by atoms with Crippen LogP contribution in [0, 0.1) is 0 Å². The summed E-state index contributed by atoms with van der Waals surface area (Å²) in [5, 5.41) is 12.0. The number of benzene rings is 2. The molecule has 0 bridgehead atoms. The van der Waals surface area contributed by atoms with Crippen LogP contribution in [0.3, 0.4) is 0 Å². The number of amides is 1. The number of carbonyl (C=O) groups excluding carboxylic acids is 2. The van der Waals surface area contributed by atoms with Crippen LogP contribution < -0.4 is 11.1 Å². The van der Waals surface area contributed by atoms with Crippen molar-refractivity contribution in [1.29, 1.82) is 0 Å². The molecular weight excluding hydrogens is 541 g/mol. The summed E-state index contributed by atoms with van der Waals surface area (Å²) in [5.74, 6) is 0.827. The van der Waals surface area contributed by atoms with Crippen LogP contribution in [0.1, 0.15) is 75.2 Å². The molecule has 1 heterocycles. The summed E-state index contributed by atoms with van der Waals surface area (Å²) < 4.78 is 6.36. The number of rotatable bonds is 10. The van der Waals surface area contributed by atoms with Gasteiger partial charge in [-0.1, -0.05) is 57.5 Å². The maximum atomic E-state index is 12.1. The van der Waals surface area contributed by atoms with Crippen molar-refractivity contribution in [2.75, 3.05) is 11.1 Å². The number of nitrogens with one attached hydrogen (secondary N) is 1. The minimum Gasteiger partial charge on any atom is -0.545 e. The van der Waals surface area contributed by atoms with Gasteiger partial charge in [0.1, 0.15) is 0 Å². The first-order valence-electron chi connectivity index (χ1n) is 13.9. The summed E-state index contributed by atoms with van der Waals surface area (Å²) >= 11 is 1.59. The second-order valence-corrected chi connectivity index (χ2v) is 17.5. The molecule has 2 aromatic carbocycles. The summed E-state index contributed by atoms with van der Waals surface area (Å²) in [5.41, 5.74) is 10.2. The number of aliphatic carboxylic acids is 1. The Morgan fingerprint density at radius 1 is 1.05 bits per heavy atom. The maximum absolute atomic E-state index is 12.1. The lowest BCUT2D eigenvalue weighted by molar-refractivity contribution is -0.137. The van der Waals surface area contributed by atoms with Crippen LogP contribution in [0.25, 0.3) is 11.1 Å². The molecule has 9 heteroatoms. The van der Waals surface area contributed by atoms with Crippen molar-refractivity contribution >= 4 is 43.4 Å². The largest absolute Gasteiger partial charge is 0.545 e. The molecule has 2 aromatic rings. The number of hydrogen-bond donors (Lipinski definition) is 3. The fraction of sp³-hybridized carbons (Fsp3) is 0.452. The Bertz CT molecular complexity index is 1280. The highest BCUT2D eigenvalue weighted by Crippen LogP contribution is 2.42. The number of allylic oxidation sites excluding steroid dienone is 2. The zero-order chi connectivity index (χ0) is 29.5. The van der Waals surface area contributed by atoms with Crippen LogP contribution in [-0.4, -0.2) is 36.8 Å². The number of anilines is 1. The van der Waals surface area contributed by atoms with E-state index in [1.165, 1.54) is 5.56 Å². The van der Waals surface area contributed by atoms with Gasteiger partial charge in [-0.2, -0.15) is 0 Å². The van der Waals surface area contributed by atoms with Gasteiger partial charge < -0.3 is 20.6 Å². The summed E-state index contributed by atoms with van der Waals surface area (Å²) in [6.07, 6.45) is 4.04. The second-order valence-electron chi connectivity index (χ2n) is 11.7. The number of Topliss-reactive ketones (excluding diaryl/α,β-unsaturated/α-hetero) is 1. The summed E-state index contributed by atoms with van der Waals surface area (Å²) in [6.45, 7) is 11.8. The van der Waals surface area contributed by atoms with E-state index in [0.717, 1.165) is 59.0 Å². The number of fused-ring (bicyclic) bond motifs is 3. The number of thioether (sulfide) groups is 1. The minimum atomic E-state index is -1.90. The number of carbonyl (C=O) groups is 3. The molecule has 40 heavy (non-hydrogen) atoms. The first-order chi connectivity index (χ1) is 18.8. The Morgan fingerprint density at radius 3 is 2.45 bits per heavy atom. The van der Waals surface area contributed by atoms with E-state index < -0.39 is 14.3 Å². The van der Waals surface area contributed by atoms with Crippen molar-refractivity contribution < 1.29 is 23.9 Å². The van der Waals surface area contributed by atoms with Crippen molar-refractivity contribution in [2.45, 2.75) is 84.0 Å². The lowest BCUT2D eigenvalue weighted by atomic mass is 9.91. The molecule has 216 valence electrons. The highest BCUT2D eigenvalue weighted by molar-refractivity contribution is 8.04. The molecule has 7 nitrogen and oxygen atoms in total. The molecule has 0 fully saturated rings. The quantitative estimate of drug-likeness (QED) is 0.198. The molecule has 1 aliphatic heterocycles. The van der Waals surface area contributed by atoms with E-state index in [4.69, 9.17) is 15.3 Å². The maximum Gasteiger partial charge on any atom is 0.303 e. The highest BCUT2D eigenvalue weighted by Gasteiger charge is 2.41. The Hall–Kier alpha value is -3.04. The van der Waals surface area contributed by atoms with Gasteiger partial charge in [-0.05, 0) is 60.0 Å². The van der Waals surface area contributed by atoms with Gasteiger partial charge in [-0.3, -0.25) is 14.4 Å². The standard InChI is InChI=1S/C17H30O4SSi.C14H12N2O/c1-17(2,3)23(4,5)21-14-11-10-13(18)16(14)22-12-8-6-7-9-15(19)20;15-14(17)11-6-3-7-12-13(11)10-5-2-1-4-9(10)8-16-12/h6-12H2,1-5H3,(H,19,20);1-7,16H,8H2,(H2,15,17). The molecule has 4 rings (SSSR count). The van der Waals surface area contributed by atoms with E-state index in [1.54, 1.807) is 17.8 Å². The topological polar surface area (TPSA) is 119 Å². The van der Waals surface area contributed by atoms with Crippen LogP contribution in [0.15, 0.2) is 53.1 Å². The lowest BCUT2D eigenvalue weighted by Crippen LogP contribution is -2.40. The van der Waals surface area contributed by atoms with Gasteiger partial charge >= 0.3 is 5.97 Å². The van der Waals surface area contributed by atoms with Crippen molar-refractivity contribution in [1.82, 2.24) is 0 Å². The zero-order valence-corrected chi connectivity index (χ0v) is 26.1. The van der Waals surface area contributed by atoms with Gasteiger partial charge in [-0.25, -0.2) is 0 Å². The number of hydrogen-bond acceptors (Lipinski definition) is 6. The average Bonchev–Trinajstić information content (AvgIpc) is 3.23. The number of carboxylic acid groups (broad SMARTS) is 1. The Morgan fingerprint density at radius 2 is 1.77 bits per heavy atom. The highest BCUT2D eigenvalue weighted by atomic mass is 32.2. The molecule has 0 aromatic heterocycles. The van der Waals surface area contributed by atoms with Crippen LogP contribution in [0.4, 0.5) is 5.69 Å². The van der Waals surface area contributed by atoms with E-state index in [1.807, 2.05) is 30.3 Å². The predicted octanol–water partition coefficient (Wildman–Crippen LogP) is 7.34. The third-order valence-corrected chi connectivity index (χ3v) is 13.2. The monoisotopic (exact) mass is 582 g/mol. The third kappa shape index (κ3) is 8.01. The summed E-state index contributed by atoms with van der Waals surface area (Å²) in [7, 11) is -1.90. The van der Waals surface area contributed by atoms with Crippen molar-refractivity contribution in [3.63, 3.8) is 0 Å². The van der Waals surface area contributed by atoms with Crippen LogP contribution in [0.2, 0.25) is 18.1 Å². The van der Waals surface area contributed by atoms with Crippen LogP contribution >= 0.6 is 11.8 Å². The van der Waals surface area contributed by atoms with Crippen molar-refractivity contribution in [2.24, 2.45) is 5.73 Å². The van der Waals surface area contributed by atoms with Crippen molar-refractivity contribution in [3.05, 3.63) is 64.3 Å². The molecule has 1 amide bonds. The van der Waals surface area contributed by atoms with Gasteiger partial charge in [0.25, 0.3) is 0 Å². The third-order valence-electron chi connectivity index (χ3n) is 7.64.